The van der Waals surface area contributed by atoms with Gasteiger partial charge in [0.1, 0.15) is 11.6 Å². The number of nitrogens with two attached hydrogens (primary N) is 1. The fourth-order valence-corrected chi connectivity index (χ4v) is 1.49. The number of phenolic OH excluding ortho intramolecular Hbond substituents is 1. The topological polar surface area (TPSA) is 46.2 Å². The highest BCUT2D eigenvalue weighted by Gasteiger charge is 2.07. The number of hydrogen-bond acceptors (Lipinski definition) is 2. The fraction of sp³-hybridized carbons (Fsp3) is 0. The molecule has 0 unspecified atom stereocenters. The highest BCUT2D eigenvalue weighted by atomic mass is 19.1. The number of halogens is 1. The van der Waals surface area contributed by atoms with Crippen LogP contribution in [0.4, 0.5) is 10.1 Å². The van der Waals surface area contributed by atoms with Gasteiger partial charge in [-0.15, -0.1) is 0 Å². The zero-order valence-corrected chi connectivity index (χ0v) is 7.94. The van der Waals surface area contributed by atoms with E-state index in [0.717, 1.165) is 0 Å². The molecule has 76 valence electrons. The molecular weight excluding hydrogens is 193 g/mol. The summed E-state index contributed by atoms with van der Waals surface area (Å²) in [6, 6.07) is 10.7. The van der Waals surface area contributed by atoms with Crippen molar-refractivity contribution in [2.45, 2.75) is 0 Å². The quantitative estimate of drug-likeness (QED) is 0.700. The summed E-state index contributed by atoms with van der Waals surface area (Å²) in [4.78, 5) is 0. The Balaban J connectivity index is 2.58. The van der Waals surface area contributed by atoms with Gasteiger partial charge in [-0.25, -0.2) is 4.39 Å². The first-order chi connectivity index (χ1) is 7.18. The van der Waals surface area contributed by atoms with Crippen molar-refractivity contribution in [3.63, 3.8) is 0 Å². The lowest BCUT2D eigenvalue weighted by atomic mass is 10.0. The molecule has 0 saturated heterocycles. The minimum atomic E-state index is -0.312. The monoisotopic (exact) mass is 203 g/mol. The van der Waals surface area contributed by atoms with Crippen molar-refractivity contribution in [3.8, 4) is 16.9 Å². The Morgan fingerprint density at radius 1 is 1.00 bits per heavy atom. The summed E-state index contributed by atoms with van der Waals surface area (Å²) < 4.78 is 12.7. The molecule has 0 heterocycles. The van der Waals surface area contributed by atoms with Crippen LogP contribution in [-0.2, 0) is 0 Å². The number of rotatable bonds is 1. The van der Waals surface area contributed by atoms with Crippen molar-refractivity contribution in [3.05, 3.63) is 48.3 Å². The van der Waals surface area contributed by atoms with Crippen LogP contribution in [0.15, 0.2) is 42.5 Å². The first-order valence-electron chi connectivity index (χ1n) is 4.52. The predicted octanol–water partition coefficient (Wildman–Crippen LogP) is 2.78. The minimum absolute atomic E-state index is 0.0987. The molecule has 2 rings (SSSR count). The van der Waals surface area contributed by atoms with Crippen molar-refractivity contribution in [2.75, 3.05) is 5.73 Å². The molecule has 2 aromatic rings. The van der Waals surface area contributed by atoms with E-state index in [0.29, 0.717) is 16.8 Å². The second-order valence-corrected chi connectivity index (χ2v) is 3.25. The summed E-state index contributed by atoms with van der Waals surface area (Å²) in [5.41, 5.74) is 7.45. The fourth-order valence-electron chi connectivity index (χ4n) is 1.49. The predicted molar refractivity (Wildman–Crippen MR) is 57.9 cm³/mol. The van der Waals surface area contributed by atoms with Crippen LogP contribution >= 0.6 is 0 Å². The average Bonchev–Trinajstić information content (AvgIpc) is 2.20. The maximum Gasteiger partial charge on any atom is 0.125 e. The lowest BCUT2D eigenvalue weighted by Crippen LogP contribution is -1.90. The molecule has 15 heavy (non-hydrogen) atoms. The van der Waals surface area contributed by atoms with Gasteiger partial charge in [-0.1, -0.05) is 18.2 Å². The Morgan fingerprint density at radius 2 is 1.67 bits per heavy atom. The Morgan fingerprint density at radius 3 is 2.27 bits per heavy atom. The number of phenols is 1. The molecule has 0 bridgehead atoms. The molecule has 0 atom stereocenters. The summed E-state index contributed by atoms with van der Waals surface area (Å²) in [7, 11) is 0. The van der Waals surface area contributed by atoms with Gasteiger partial charge in [0.05, 0.1) is 0 Å². The minimum Gasteiger partial charge on any atom is -0.507 e. The van der Waals surface area contributed by atoms with Gasteiger partial charge in [0, 0.05) is 11.3 Å². The molecule has 2 aromatic carbocycles. The van der Waals surface area contributed by atoms with Crippen LogP contribution in [0, 0.1) is 5.82 Å². The van der Waals surface area contributed by atoms with Crippen LogP contribution in [-0.4, -0.2) is 5.11 Å². The third-order valence-electron chi connectivity index (χ3n) is 2.21. The van der Waals surface area contributed by atoms with Crippen molar-refractivity contribution in [2.24, 2.45) is 0 Å². The maximum absolute atomic E-state index is 12.7. The molecule has 3 heteroatoms. The van der Waals surface area contributed by atoms with E-state index in [-0.39, 0.29) is 11.6 Å². The molecule has 0 spiro atoms. The molecule has 2 nitrogen and oxygen atoms in total. The first-order valence-corrected chi connectivity index (χ1v) is 4.52. The Labute approximate surface area is 86.8 Å². The molecule has 0 radical (unpaired) electrons. The lowest BCUT2D eigenvalue weighted by Gasteiger charge is -2.07. The molecule has 0 aliphatic carbocycles. The van der Waals surface area contributed by atoms with Crippen molar-refractivity contribution in [1.29, 1.82) is 0 Å². The summed E-state index contributed by atoms with van der Waals surface area (Å²) in [5.74, 6) is -0.214. The van der Waals surface area contributed by atoms with Gasteiger partial charge in [-0.3, -0.25) is 0 Å². The van der Waals surface area contributed by atoms with E-state index in [1.807, 2.05) is 0 Å². The number of aromatic hydroxyl groups is 1. The Kier molecular flexibility index (Phi) is 2.29. The molecule has 0 aliphatic heterocycles. The van der Waals surface area contributed by atoms with E-state index < -0.39 is 0 Å². The van der Waals surface area contributed by atoms with E-state index >= 15 is 0 Å². The molecule has 0 fully saturated rings. The average molecular weight is 203 g/mol. The highest BCUT2D eigenvalue weighted by molar-refractivity contribution is 5.81. The van der Waals surface area contributed by atoms with Gasteiger partial charge in [0.2, 0.25) is 0 Å². The van der Waals surface area contributed by atoms with Crippen molar-refractivity contribution < 1.29 is 9.50 Å². The van der Waals surface area contributed by atoms with Crippen LogP contribution in [0.3, 0.4) is 0 Å². The van der Waals surface area contributed by atoms with Crippen LogP contribution in [0.25, 0.3) is 11.1 Å². The molecule has 0 amide bonds. The third kappa shape index (κ3) is 1.76. The van der Waals surface area contributed by atoms with Crippen LogP contribution in [0.1, 0.15) is 0 Å². The van der Waals surface area contributed by atoms with Gasteiger partial charge in [-0.05, 0) is 29.8 Å². The molecular formula is C12H10FNO. The molecule has 0 aliphatic rings. The van der Waals surface area contributed by atoms with Crippen LogP contribution in [0.2, 0.25) is 0 Å². The highest BCUT2D eigenvalue weighted by Crippen LogP contribution is 2.33. The first kappa shape index (κ1) is 9.52. The van der Waals surface area contributed by atoms with Gasteiger partial charge < -0.3 is 10.8 Å². The summed E-state index contributed by atoms with van der Waals surface area (Å²) >= 11 is 0. The Hall–Kier alpha value is -2.03. The van der Waals surface area contributed by atoms with Gasteiger partial charge >= 0.3 is 0 Å². The van der Waals surface area contributed by atoms with Gasteiger partial charge in [0.25, 0.3) is 0 Å². The number of hydrogen-bond donors (Lipinski definition) is 2. The SMILES string of the molecule is Nc1cccc(O)c1-c1ccc(F)cc1. The van der Waals surface area contributed by atoms with Crippen molar-refractivity contribution >= 4 is 5.69 Å². The summed E-state index contributed by atoms with van der Waals surface area (Å²) in [6.07, 6.45) is 0. The number of benzene rings is 2. The van der Waals surface area contributed by atoms with E-state index in [9.17, 15) is 9.50 Å². The second-order valence-electron chi connectivity index (χ2n) is 3.25. The van der Waals surface area contributed by atoms with Crippen molar-refractivity contribution in [1.82, 2.24) is 0 Å². The zero-order valence-electron chi connectivity index (χ0n) is 7.94. The standard InChI is InChI=1S/C12H10FNO/c13-9-6-4-8(5-7-9)12-10(14)2-1-3-11(12)15/h1-7,15H,14H2. The van der Waals surface area contributed by atoms with E-state index in [1.165, 1.54) is 12.1 Å². The van der Waals surface area contributed by atoms with Gasteiger partial charge in [-0.2, -0.15) is 0 Å². The second kappa shape index (κ2) is 3.61. The van der Waals surface area contributed by atoms with E-state index in [4.69, 9.17) is 5.73 Å². The smallest absolute Gasteiger partial charge is 0.125 e. The Bertz CT molecular complexity index is 459. The summed E-state index contributed by atoms with van der Waals surface area (Å²) in [6.45, 7) is 0. The van der Waals surface area contributed by atoms with Crippen LogP contribution < -0.4 is 5.73 Å². The normalized spacial score (nSPS) is 10.2. The van der Waals surface area contributed by atoms with Gasteiger partial charge in [0.15, 0.2) is 0 Å². The van der Waals surface area contributed by atoms with E-state index in [2.05, 4.69) is 0 Å². The zero-order chi connectivity index (χ0) is 10.8. The number of anilines is 1. The maximum atomic E-state index is 12.7. The molecule has 0 saturated carbocycles. The largest absolute Gasteiger partial charge is 0.507 e. The summed E-state index contributed by atoms with van der Waals surface area (Å²) in [5, 5.41) is 9.64. The molecule has 3 N–H and O–H groups in total. The van der Waals surface area contributed by atoms with E-state index in [1.54, 1.807) is 30.3 Å². The molecule has 0 aromatic heterocycles. The van der Waals surface area contributed by atoms with Crippen LogP contribution in [0.5, 0.6) is 5.75 Å². The number of nitrogen functional groups attached to an aromatic ring is 1. The third-order valence-corrected chi connectivity index (χ3v) is 2.21. The lowest BCUT2D eigenvalue weighted by molar-refractivity contribution is 0.477.